The minimum atomic E-state index is -4.61. The first kappa shape index (κ1) is 22.9. The third-order valence-electron chi connectivity index (χ3n) is 4.31. The number of nitrogens with zero attached hydrogens (tertiary/aromatic N) is 2. The molecule has 0 unspecified atom stereocenters. The molecule has 1 saturated heterocycles. The minimum Gasteiger partial charge on any atom is -0.351 e. The summed E-state index contributed by atoms with van der Waals surface area (Å²) < 4.78 is 38.7. The molecule has 1 aromatic rings. The van der Waals surface area contributed by atoms with Gasteiger partial charge in [-0.3, -0.25) is 19.8 Å². The maximum absolute atomic E-state index is 12.9. The number of carbonyl (C=O) groups is 3. The maximum atomic E-state index is 12.9. The van der Waals surface area contributed by atoms with Crippen molar-refractivity contribution >= 4 is 35.1 Å². The molecular weight excluding hydrogens is 415 g/mol. The van der Waals surface area contributed by atoms with E-state index < -0.39 is 34.6 Å². The molecule has 0 spiro atoms. The number of rotatable bonds is 6. The molecule has 0 radical (unpaired) electrons. The number of piperazine rings is 1. The highest BCUT2D eigenvalue weighted by Gasteiger charge is 2.33. The second-order valence-corrected chi connectivity index (χ2v) is 6.93. The number of amides is 4. The zero-order chi connectivity index (χ0) is 21.6. The fourth-order valence-corrected chi connectivity index (χ4v) is 3.08. The molecule has 4 N–H and O–H groups in total. The van der Waals surface area contributed by atoms with Crippen LogP contribution in [0.1, 0.15) is 12.0 Å². The molecule has 0 aliphatic carbocycles. The van der Waals surface area contributed by atoms with Crippen LogP contribution in [0.3, 0.4) is 0 Å². The molecule has 8 nitrogen and oxygen atoms in total. The average Bonchev–Trinajstić information content (AvgIpc) is 2.61. The fourth-order valence-electron chi connectivity index (χ4n) is 2.85. The van der Waals surface area contributed by atoms with Crippen LogP contribution in [0.25, 0.3) is 0 Å². The average molecular weight is 436 g/mol. The Kier molecular flexibility index (Phi) is 7.82. The number of hydrogen-bond acceptors (Lipinski definition) is 5. The van der Waals surface area contributed by atoms with Gasteiger partial charge in [0.2, 0.25) is 11.8 Å². The van der Waals surface area contributed by atoms with Gasteiger partial charge in [0.25, 0.3) is 0 Å². The van der Waals surface area contributed by atoms with Crippen molar-refractivity contribution in [1.82, 2.24) is 15.1 Å². The predicted molar refractivity (Wildman–Crippen MR) is 100 cm³/mol. The summed E-state index contributed by atoms with van der Waals surface area (Å²) >= 11 is 5.56. The lowest BCUT2D eigenvalue weighted by Gasteiger charge is -2.34. The van der Waals surface area contributed by atoms with E-state index >= 15 is 0 Å². The summed E-state index contributed by atoms with van der Waals surface area (Å²) in [4.78, 5) is 38.0. The number of urea groups is 1. The smallest absolute Gasteiger partial charge is 0.351 e. The molecule has 1 heterocycles. The van der Waals surface area contributed by atoms with Crippen molar-refractivity contribution in [2.45, 2.75) is 12.6 Å². The van der Waals surface area contributed by atoms with Gasteiger partial charge in [-0.2, -0.15) is 13.2 Å². The normalized spacial score (nSPS) is 15.7. The van der Waals surface area contributed by atoms with E-state index in [1.54, 1.807) is 0 Å². The number of nitrogens with two attached hydrogens (primary N) is 1. The minimum absolute atomic E-state index is 0.0193. The fraction of sp³-hybridized carbons (Fsp3) is 0.471. The van der Waals surface area contributed by atoms with Crippen molar-refractivity contribution in [1.29, 1.82) is 0 Å². The van der Waals surface area contributed by atoms with Gasteiger partial charge in [0.1, 0.15) is 0 Å². The van der Waals surface area contributed by atoms with E-state index in [1.807, 2.05) is 15.1 Å². The molecule has 1 aliphatic rings. The molecule has 0 saturated carbocycles. The third kappa shape index (κ3) is 7.52. The predicted octanol–water partition coefficient (Wildman–Crippen LogP) is 1.50. The number of imide groups is 1. The zero-order valence-corrected chi connectivity index (χ0v) is 16.1. The first-order chi connectivity index (χ1) is 13.5. The van der Waals surface area contributed by atoms with E-state index in [-0.39, 0.29) is 18.7 Å². The van der Waals surface area contributed by atoms with Crippen LogP contribution in [0, 0.1) is 0 Å². The molecule has 4 amide bonds. The van der Waals surface area contributed by atoms with Crippen molar-refractivity contribution in [3.05, 3.63) is 28.8 Å². The molecule has 160 valence electrons. The Labute approximate surface area is 170 Å². The van der Waals surface area contributed by atoms with Gasteiger partial charge in [-0.15, -0.1) is 0 Å². The Morgan fingerprint density at radius 2 is 1.69 bits per heavy atom. The highest BCUT2D eigenvalue weighted by atomic mass is 35.5. The highest BCUT2D eigenvalue weighted by molar-refractivity contribution is 6.31. The first-order valence-electron chi connectivity index (χ1n) is 8.75. The van der Waals surface area contributed by atoms with Crippen LogP contribution < -0.4 is 16.4 Å². The van der Waals surface area contributed by atoms with Crippen LogP contribution in [0.4, 0.5) is 23.7 Å². The lowest BCUT2D eigenvalue weighted by Crippen LogP contribution is -2.49. The molecule has 0 aromatic heterocycles. The largest absolute Gasteiger partial charge is 0.417 e. The summed E-state index contributed by atoms with van der Waals surface area (Å²) in [6, 6.07) is 2.31. The number of carbonyl (C=O) groups excluding carboxylic acids is 3. The van der Waals surface area contributed by atoms with Crippen LogP contribution in [-0.2, 0) is 15.8 Å². The van der Waals surface area contributed by atoms with E-state index in [4.69, 9.17) is 17.3 Å². The summed E-state index contributed by atoms with van der Waals surface area (Å²) in [7, 11) is 0. The van der Waals surface area contributed by atoms with Gasteiger partial charge in [-0.25, -0.2) is 4.79 Å². The lowest BCUT2D eigenvalue weighted by atomic mass is 10.2. The number of anilines is 1. The molecular formula is C17H21ClF3N5O3. The topological polar surface area (TPSA) is 108 Å². The number of benzene rings is 1. The summed E-state index contributed by atoms with van der Waals surface area (Å²) in [5.41, 5.74) is 3.88. The quantitative estimate of drug-likeness (QED) is 0.627. The standard InChI is InChI=1S/C17H21ClF3N5O3/c18-13-2-1-11(9-12(13)17(19,20)21)23-15(28)10-26-7-5-25(6-8-26)4-3-14(27)24-16(22)29/h1-2,9H,3-8,10H2,(H,23,28)(H3,22,24,27,29). The summed E-state index contributed by atoms with van der Waals surface area (Å²) in [5, 5.41) is 4.00. The zero-order valence-electron chi connectivity index (χ0n) is 15.4. The van der Waals surface area contributed by atoms with E-state index in [0.717, 1.165) is 12.1 Å². The molecule has 29 heavy (non-hydrogen) atoms. The number of hydrogen-bond donors (Lipinski definition) is 3. The molecule has 1 aliphatic heterocycles. The van der Waals surface area contributed by atoms with Crippen molar-refractivity contribution in [2.75, 3.05) is 44.6 Å². The Hall–Kier alpha value is -2.37. The van der Waals surface area contributed by atoms with Crippen LogP contribution in [0.5, 0.6) is 0 Å². The van der Waals surface area contributed by atoms with Crippen molar-refractivity contribution in [2.24, 2.45) is 5.73 Å². The van der Waals surface area contributed by atoms with Crippen molar-refractivity contribution < 1.29 is 27.6 Å². The number of nitrogens with one attached hydrogen (secondary N) is 2. The van der Waals surface area contributed by atoms with Gasteiger partial charge in [-0.05, 0) is 18.2 Å². The number of halogens is 4. The number of primary amides is 1. The second-order valence-electron chi connectivity index (χ2n) is 6.52. The Morgan fingerprint density at radius 1 is 1.07 bits per heavy atom. The van der Waals surface area contributed by atoms with Gasteiger partial charge in [0.05, 0.1) is 17.1 Å². The highest BCUT2D eigenvalue weighted by Crippen LogP contribution is 2.36. The first-order valence-corrected chi connectivity index (χ1v) is 9.13. The Balaban J connectivity index is 1.77. The number of alkyl halides is 3. The van der Waals surface area contributed by atoms with E-state index in [0.29, 0.717) is 32.7 Å². The summed E-state index contributed by atoms with van der Waals surface area (Å²) in [6.45, 7) is 2.80. The molecule has 12 heteroatoms. The van der Waals surface area contributed by atoms with Gasteiger partial charge in [-0.1, -0.05) is 11.6 Å². The van der Waals surface area contributed by atoms with Crippen LogP contribution in [-0.4, -0.2) is 66.9 Å². The second kappa shape index (κ2) is 9.90. The summed E-state index contributed by atoms with van der Waals surface area (Å²) in [6.07, 6.45) is -4.48. The lowest BCUT2D eigenvalue weighted by molar-refractivity contribution is -0.137. The van der Waals surface area contributed by atoms with Crippen LogP contribution >= 0.6 is 11.6 Å². The van der Waals surface area contributed by atoms with Gasteiger partial charge < -0.3 is 16.0 Å². The monoisotopic (exact) mass is 435 g/mol. The van der Waals surface area contributed by atoms with E-state index in [2.05, 4.69) is 5.32 Å². The van der Waals surface area contributed by atoms with Gasteiger partial charge >= 0.3 is 12.2 Å². The molecule has 0 atom stereocenters. The third-order valence-corrected chi connectivity index (χ3v) is 4.63. The van der Waals surface area contributed by atoms with Crippen LogP contribution in [0.15, 0.2) is 18.2 Å². The summed E-state index contributed by atoms with van der Waals surface area (Å²) in [5.74, 6) is -0.893. The van der Waals surface area contributed by atoms with E-state index in [9.17, 15) is 27.6 Å². The van der Waals surface area contributed by atoms with Gasteiger partial charge in [0, 0.05) is 44.8 Å². The van der Waals surface area contributed by atoms with E-state index in [1.165, 1.54) is 6.07 Å². The molecule has 1 aromatic carbocycles. The van der Waals surface area contributed by atoms with Crippen molar-refractivity contribution in [3.63, 3.8) is 0 Å². The van der Waals surface area contributed by atoms with Gasteiger partial charge in [0.15, 0.2) is 0 Å². The Morgan fingerprint density at radius 3 is 2.28 bits per heavy atom. The maximum Gasteiger partial charge on any atom is 0.417 e. The molecule has 0 bridgehead atoms. The van der Waals surface area contributed by atoms with Crippen LogP contribution in [0.2, 0.25) is 5.02 Å². The molecule has 1 fully saturated rings. The molecule has 2 rings (SSSR count). The Bertz CT molecular complexity index is 767. The SMILES string of the molecule is NC(=O)NC(=O)CCN1CCN(CC(=O)Nc2ccc(Cl)c(C(F)(F)F)c2)CC1. The van der Waals surface area contributed by atoms with Crippen molar-refractivity contribution in [3.8, 4) is 0 Å².